The maximum atomic E-state index is 13.4. The van der Waals surface area contributed by atoms with E-state index < -0.39 is 28.5 Å². The van der Waals surface area contributed by atoms with Gasteiger partial charge in [0.15, 0.2) is 0 Å². The van der Waals surface area contributed by atoms with Crippen molar-refractivity contribution in [2.45, 2.75) is 42.7 Å². The summed E-state index contributed by atoms with van der Waals surface area (Å²) < 4.78 is 54.0. The number of nitrogens with zero attached hydrogens (tertiary/aromatic N) is 3. The number of piperazine rings is 1. The third-order valence-corrected chi connectivity index (χ3v) is 8.25. The fourth-order valence-electron chi connectivity index (χ4n) is 4.50. The van der Waals surface area contributed by atoms with Crippen LogP contribution in [0.15, 0.2) is 29.2 Å². The largest absolute Gasteiger partial charge is 0.335 e. The van der Waals surface area contributed by atoms with Crippen LogP contribution >= 0.6 is 0 Å². The molecule has 0 aliphatic carbocycles. The van der Waals surface area contributed by atoms with Crippen LogP contribution in [0.4, 0.5) is 8.78 Å². The number of carbonyl (C=O) groups excluding carboxylic acids is 1. The Labute approximate surface area is 176 Å². The molecule has 2 atom stereocenters. The monoisotopic (exact) mass is 442 g/mol. The molecule has 1 N–H and O–H groups in total. The predicted molar refractivity (Wildman–Crippen MR) is 108 cm³/mol. The van der Waals surface area contributed by atoms with Crippen molar-refractivity contribution >= 4 is 15.9 Å². The Morgan fingerprint density at radius 3 is 2.37 bits per heavy atom. The van der Waals surface area contributed by atoms with Crippen molar-refractivity contribution in [2.75, 3.05) is 45.8 Å². The van der Waals surface area contributed by atoms with E-state index in [9.17, 15) is 22.0 Å². The maximum Gasteiger partial charge on any atom is 0.267 e. The summed E-state index contributed by atoms with van der Waals surface area (Å²) in [5.74, 6) is -3.04. The van der Waals surface area contributed by atoms with Crippen LogP contribution in [0.1, 0.15) is 18.4 Å². The van der Waals surface area contributed by atoms with Crippen LogP contribution in [0.25, 0.3) is 0 Å². The van der Waals surface area contributed by atoms with Crippen LogP contribution in [-0.4, -0.2) is 92.2 Å². The lowest BCUT2D eigenvalue weighted by molar-refractivity contribution is -0.133. The molecule has 3 heterocycles. The fraction of sp³-hybridized carbons (Fsp3) is 0.650. The second-order valence-electron chi connectivity index (χ2n) is 8.47. The van der Waals surface area contributed by atoms with Gasteiger partial charge in [0.25, 0.3) is 5.92 Å². The number of hydrogen-bond donors (Lipinski definition) is 1. The highest BCUT2D eigenvalue weighted by Crippen LogP contribution is 2.28. The van der Waals surface area contributed by atoms with Gasteiger partial charge in [-0.1, -0.05) is 17.7 Å². The molecule has 166 valence electrons. The number of amides is 1. The molecule has 3 aliphatic heterocycles. The Balaban J connectivity index is 1.31. The number of sulfonamides is 1. The molecule has 0 radical (unpaired) electrons. The first-order valence-electron chi connectivity index (χ1n) is 10.4. The van der Waals surface area contributed by atoms with Gasteiger partial charge in [-0.05, 0) is 25.5 Å². The predicted octanol–water partition coefficient (Wildman–Crippen LogP) is 0.899. The highest BCUT2D eigenvalue weighted by atomic mass is 32.2. The molecular weight excluding hydrogens is 414 g/mol. The lowest BCUT2D eigenvalue weighted by atomic mass is 10.1. The lowest BCUT2D eigenvalue weighted by Gasteiger charge is -2.37. The molecule has 1 aromatic rings. The SMILES string of the molecule is Cc1ccc(S(=O)(=O)N2CCN(C3CNC(C(=O)N4CCC(F)(F)C4)C3)CC2)cc1. The Kier molecular flexibility index (Phi) is 5.86. The summed E-state index contributed by atoms with van der Waals surface area (Å²) in [6.45, 7) is 4.07. The average Bonchev–Trinajstić information content (AvgIpc) is 3.34. The second kappa shape index (κ2) is 8.14. The van der Waals surface area contributed by atoms with Crippen LogP contribution in [0.5, 0.6) is 0 Å². The number of halogens is 2. The van der Waals surface area contributed by atoms with Crippen molar-refractivity contribution in [3.8, 4) is 0 Å². The van der Waals surface area contributed by atoms with Crippen LogP contribution in [-0.2, 0) is 14.8 Å². The Hall–Kier alpha value is -1.62. The third-order valence-electron chi connectivity index (χ3n) is 6.34. The second-order valence-corrected chi connectivity index (χ2v) is 10.4. The Bertz CT molecular complexity index is 886. The zero-order chi connectivity index (χ0) is 21.5. The van der Waals surface area contributed by atoms with E-state index in [1.165, 1.54) is 9.21 Å². The van der Waals surface area contributed by atoms with Gasteiger partial charge in [-0.2, -0.15) is 4.31 Å². The fourth-order valence-corrected chi connectivity index (χ4v) is 5.92. The van der Waals surface area contributed by atoms with Gasteiger partial charge in [0.1, 0.15) is 0 Å². The first-order valence-corrected chi connectivity index (χ1v) is 11.8. The highest BCUT2D eigenvalue weighted by molar-refractivity contribution is 7.89. The van der Waals surface area contributed by atoms with Crippen LogP contribution < -0.4 is 5.32 Å². The van der Waals surface area contributed by atoms with E-state index in [1.54, 1.807) is 24.3 Å². The number of hydrogen-bond acceptors (Lipinski definition) is 5. The molecule has 0 bridgehead atoms. The quantitative estimate of drug-likeness (QED) is 0.750. The van der Waals surface area contributed by atoms with Gasteiger partial charge >= 0.3 is 0 Å². The van der Waals surface area contributed by atoms with Crippen molar-refractivity contribution in [1.29, 1.82) is 0 Å². The minimum absolute atomic E-state index is 0.101. The number of alkyl halides is 2. The van der Waals surface area contributed by atoms with Gasteiger partial charge in [-0.25, -0.2) is 17.2 Å². The molecule has 7 nitrogen and oxygen atoms in total. The molecule has 1 amide bonds. The molecule has 0 spiro atoms. The molecule has 0 aromatic heterocycles. The van der Waals surface area contributed by atoms with Gasteiger partial charge < -0.3 is 10.2 Å². The zero-order valence-electron chi connectivity index (χ0n) is 17.1. The van der Waals surface area contributed by atoms with Gasteiger partial charge in [0.2, 0.25) is 15.9 Å². The topological polar surface area (TPSA) is 73.0 Å². The van der Waals surface area contributed by atoms with E-state index >= 15 is 0 Å². The summed E-state index contributed by atoms with van der Waals surface area (Å²) in [7, 11) is -3.51. The van der Waals surface area contributed by atoms with Gasteiger partial charge in [-0.3, -0.25) is 9.69 Å². The summed E-state index contributed by atoms with van der Waals surface area (Å²) in [4.78, 5) is 16.3. The van der Waals surface area contributed by atoms with E-state index in [0.29, 0.717) is 44.0 Å². The molecular formula is C20H28F2N4O3S. The van der Waals surface area contributed by atoms with E-state index in [4.69, 9.17) is 0 Å². The first-order chi connectivity index (χ1) is 14.2. The minimum Gasteiger partial charge on any atom is -0.335 e. The number of aryl methyl sites for hydroxylation is 1. The lowest BCUT2D eigenvalue weighted by Crippen LogP contribution is -2.52. The van der Waals surface area contributed by atoms with Gasteiger partial charge in [0.05, 0.1) is 17.5 Å². The summed E-state index contributed by atoms with van der Waals surface area (Å²) in [5.41, 5.74) is 1.01. The molecule has 10 heteroatoms. The summed E-state index contributed by atoms with van der Waals surface area (Å²) >= 11 is 0. The molecule has 4 rings (SSSR count). The normalized spacial score (nSPS) is 28.2. The number of rotatable bonds is 4. The maximum absolute atomic E-state index is 13.4. The van der Waals surface area contributed by atoms with Crippen LogP contribution in [0.2, 0.25) is 0 Å². The van der Waals surface area contributed by atoms with Crippen molar-refractivity contribution in [2.24, 2.45) is 0 Å². The van der Waals surface area contributed by atoms with E-state index in [0.717, 1.165) is 5.56 Å². The standard InChI is InChI=1S/C20H28F2N4O3S/c1-15-2-4-17(5-3-15)30(28,29)26-10-8-24(9-11-26)16-12-18(23-13-16)19(27)25-7-6-20(21,22)14-25/h2-5,16,18,23H,6-14H2,1H3. The van der Waals surface area contributed by atoms with Crippen molar-refractivity contribution in [1.82, 2.24) is 19.4 Å². The Morgan fingerprint density at radius 1 is 1.10 bits per heavy atom. The van der Waals surface area contributed by atoms with Crippen molar-refractivity contribution in [3.05, 3.63) is 29.8 Å². The number of nitrogens with one attached hydrogen (secondary N) is 1. The Morgan fingerprint density at radius 2 is 1.77 bits per heavy atom. The first kappa shape index (κ1) is 21.6. The molecule has 0 saturated carbocycles. The third kappa shape index (κ3) is 4.37. The van der Waals surface area contributed by atoms with E-state index in [1.807, 2.05) is 6.92 Å². The highest BCUT2D eigenvalue weighted by Gasteiger charge is 2.44. The molecule has 3 aliphatic rings. The number of benzene rings is 1. The molecule has 30 heavy (non-hydrogen) atoms. The number of carbonyl (C=O) groups is 1. The minimum atomic E-state index is -3.51. The van der Waals surface area contributed by atoms with Crippen molar-refractivity contribution in [3.63, 3.8) is 0 Å². The zero-order valence-corrected chi connectivity index (χ0v) is 17.9. The summed E-state index contributed by atoms with van der Waals surface area (Å²) in [6, 6.07) is 6.51. The average molecular weight is 443 g/mol. The van der Waals surface area contributed by atoms with E-state index in [2.05, 4.69) is 10.2 Å². The van der Waals surface area contributed by atoms with Crippen LogP contribution in [0, 0.1) is 6.92 Å². The molecule has 3 fully saturated rings. The van der Waals surface area contributed by atoms with Crippen LogP contribution in [0.3, 0.4) is 0 Å². The van der Waals surface area contributed by atoms with Crippen molar-refractivity contribution < 1.29 is 22.0 Å². The summed E-state index contributed by atoms with van der Waals surface area (Å²) in [5, 5.41) is 3.17. The number of likely N-dealkylation sites (tertiary alicyclic amines) is 1. The smallest absolute Gasteiger partial charge is 0.267 e. The van der Waals surface area contributed by atoms with Gasteiger partial charge in [-0.15, -0.1) is 0 Å². The molecule has 3 saturated heterocycles. The summed E-state index contributed by atoms with van der Waals surface area (Å²) in [6.07, 6.45) is 0.290. The van der Waals surface area contributed by atoms with E-state index in [-0.39, 0.29) is 24.9 Å². The molecule has 2 unspecified atom stereocenters. The molecule has 1 aromatic carbocycles. The van der Waals surface area contributed by atoms with Gasteiger partial charge in [0, 0.05) is 51.7 Å².